The van der Waals surface area contributed by atoms with E-state index in [9.17, 15) is 0 Å². The second-order valence-corrected chi connectivity index (χ2v) is 2.20. The van der Waals surface area contributed by atoms with Crippen molar-refractivity contribution in [2.75, 3.05) is 13.1 Å². The summed E-state index contributed by atoms with van der Waals surface area (Å²) in [6.07, 6.45) is 0. The molecule has 38 valence electrons. The van der Waals surface area contributed by atoms with E-state index >= 15 is 0 Å². The molecule has 0 saturated heterocycles. The maximum atomic E-state index is 2.28. The molecule has 1 atom stereocenters. The second kappa shape index (κ2) is 3.58. The normalized spacial score (nSPS) is 10.5. The Kier molecular flexibility index (Phi) is 3.81. The summed E-state index contributed by atoms with van der Waals surface area (Å²) in [4.78, 5) is 0. The van der Waals surface area contributed by atoms with Gasteiger partial charge >= 0.3 is 0 Å². The minimum atomic E-state index is 1.18. The molecule has 2 heteroatoms. The van der Waals surface area contributed by atoms with E-state index in [4.69, 9.17) is 0 Å². The van der Waals surface area contributed by atoms with Crippen molar-refractivity contribution in [1.29, 1.82) is 0 Å². The summed E-state index contributed by atoms with van der Waals surface area (Å²) in [5, 5.41) is 0. The number of hydrogen-bond acceptors (Lipinski definition) is 1. The van der Waals surface area contributed by atoms with Crippen molar-refractivity contribution in [3.05, 3.63) is 0 Å². The Morgan fingerprint density at radius 2 is 1.67 bits per heavy atom. The van der Waals surface area contributed by atoms with Gasteiger partial charge < -0.3 is 0 Å². The topological polar surface area (TPSA) is 3.24 Å². The molecule has 0 N–H and O–H groups in total. The van der Waals surface area contributed by atoms with Crippen molar-refractivity contribution in [3.63, 3.8) is 0 Å². The summed E-state index contributed by atoms with van der Waals surface area (Å²) >= 11 is 0. The lowest BCUT2D eigenvalue weighted by molar-refractivity contribution is 0.524. The van der Waals surface area contributed by atoms with E-state index in [2.05, 4.69) is 18.5 Å². The van der Waals surface area contributed by atoms with Crippen molar-refractivity contribution in [2.24, 2.45) is 0 Å². The predicted molar refractivity (Wildman–Crippen MR) is 34.0 cm³/mol. The highest BCUT2D eigenvalue weighted by Crippen LogP contribution is 1.92. The molecular formula is C4H13NP+. The van der Waals surface area contributed by atoms with Crippen LogP contribution >= 0.6 is 9.39 Å². The molecule has 0 rings (SSSR count). The molecule has 1 nitrogen and oxygen atoms in total. The van der Waals surface area contributed by atoms with Gasteiger partial charge in [0.1, 0.15) is 0 Å². The van der Waals surface area contributed by atoms with Crippen molar-refractivity contribution >= 4 is 9.39 Å². The van der Waals surface area contributed by atoms with Gasteiger partial charge in [0.15, 0.2) is 0 Å². The van der Waals surface area contributed by atoms with Gasteiger partial charge in [-0.05, 0) is 13.8 Å². The number of hydrogen-bond donors (Lipinski definition) is 0. The standard InChI is InChI=1S/C4H12NP/c1-3-5(6)4-2/h3-4,6H2,1-2H3/p+1. The van der Waals surface area contributed by atoms with Gasteiger partial charge in [0, 0.05) is 22.5 Å². The molecular weight excluding hydrogens is 93.0 g/mol. The Morgan fingerprint density at radius 1 is 1.33 bits per heavy atom. The molecule has 1 unspecified atom stereocenters. The van der Waals surface area contributed by atoms with Crippen LogP contribution in [0.1, 0.15) is 13.8 Å². The lowest BCUT2D eigenvalue weighted by Gasteiger charge is -2.00. The van der Waals surface area contributed by atoms with Crippen LogP contribution in [-0.2, 0) is 0 Å². The van der Waals surface area contributed by atoms with Gasteiger partial charge in [-0.2, -0.15) is 4.67 Å². The first-order chi connectivity index (χ1) is 2.81. The van der Waals surface area contributed by atoms with Gasteiger partial charge in [-0.3, -0.25) is 0 Å². The number of rotatable bonds is 2. The maximum absolute atomic E-state index is 2.28. The monoisotopic (exact) mass is 106 g/mol. The average molecular weight is 106 g/mol. The Morgan fingerprint density at radius 3 is 1.67 bits per heavy atom. The SMILES string of the molecule is CCN([PH3+])CC. The largest absolute Gasteiger partial charge is 0.188 e. The van der Waals surface area contributed by atoms with E-state index in [0.29, 0.717) is 0 Å². The second-order valence-electron chi connectivity index (χ2n) is 1.30. The lowest BCUT2D eigenvalue weighted by Crippen LogP contribution is -2.07. The molecule has 0 saturated carbocycles. The quantitative estimate of drug-likeness (QED) is 0.472. The van der Waals surface area contributed by atoms with Crippen LogP contribution < -0.4 is 0 Å². The molecule has 0 aromatic heterocycles. The molecule has 0 aromatic rings. The first-order valence-electron chi connectivity index (χ1n) is 2.36. The van der Waals surface area contributed by atoms with Crippen LogP contribution in [-0.4, -0.2) is 17.8 Å². The van der Waals surface area contributed by atoms with Crippen LogP contribution in [0, 0.1) is 0 Å². The van der Waals surface area contributed by atoms with Crippen molar-refractivity contribution in [2.45, 2.75) is 13.8 Å². The van der Waals surface area contributed by atoms with Gasteiger partial charge in [-0.15, -0.1) is 0 Å². The molecule has 0 radical (unpaired) electrons. The third kappa shape index (κ3) is 2.62. The Labute approximate surface area is 42.0 Å². The molecule has 0 aliphatic carbocycles. The molecule has 0 aromatic carbocycles. The zero-order chi connectivity index (χ0) is 4.99. The van der Waals surface area contributed by atoms with Gasteiger partial charge in [0.05, 0.1) is 0 Å². The summed E-state index contributed by atoms with van der Waals surface area (Å²) < 4.78 is 2.28. The van der Waals surface area contributed by atoms with Gasteiger partial charge in [0.2, 0.25) is 0 Å². The fraction of sp³-hybridized carbons (Fsp3) is 1.00. The van der Waals surface area contributed by atoms with Crippen LogP contribution in [0.5, 0.6) is 0 Å². The fourth-order valence-electron chi connectivity index (χ4n) is 0.224. The van der Waals surface area contributed by atoms with E-state index < -0.39 is 0 Å². The Hall–Kier alpha value is 0.390. The van der Waals surface area contributed by atoms with E-state index in [1.54, 1.807) is 0 Å². The minimum absolute atomic E-state index is 1.18. The Balaban J connectivity index is 2.75. The molecule has 0 spiro atoms. The van der Waals surface area contributed by atoms with Gasteiger partial charge in [-0.25, -0.2) is 0 Å². The summed E-state index contributed by atoms with van der Waals surface area (Å²) in [6.45, 7) is 6.68. The smallest absolute Gasteiger partial charge is 0.0431 e. The van der Waals surface area contributed by atoms with Crippen LogP contribution in [0.25, 0.3) is 0 Å². The minimum Gasteiger partial charge on any atom is -0.188 e. The van der Waals surface area contributed by atoms with E-state index in [1.165, 1.54) is 13.1 Å². The molecule has 0 heterocycles. The molecule has 0 aliphatic rings. The van der Waals surface area contributed by atoms with Crippen LogP contribution in [0.4, 0.5) is 0 Å². The highest BCUT2D eigenvalue weighted by atomic mass is 31.0. The molecule has 0 amide bonds. The predicted octanol–water partition coefficient (Wildman–Crippen LogP) is 0.851. The van der Waals surface area contributed by atoms with Crippen molar-refractivity contribution < 1.29 is 0 Å². The Bertz CT molecular complexity index is 26.7. The average Bonchev–Trinajstić information content (AvgIpc) is 1.65. The third-order valence-electron chi connectivity index (χ3n) is 0.894. The molecule has 0 fully saturated rings. The first kappa shape index (κ1) is 6.39. The zero-order valence-electron chi connectivity index (χ0n) is 4.57. The fourth-order valence-corrected chi connectivity index (χ4v) is 0.224. The van der Waals surface area contributed by atoms with Crippen molar-refractivity contribution in [1.82, 2.24) is 4.67 Å². The molecule has 6 heavy (non-hydrogen) atoms. The summed E-state index contributed by atoms with van der Waals surface area (Å²) in [5.74, 6) is 0. The van der Waals surface area contributed by atoms with Crippen molar-refractivity contribution in [3.8, 4) is 0 Å². The summed E-state index contributed by atoms with van der Waals surface area (Å²) in [5.41, 5.74) is 0. The first-order valence-corrected chi connectivity index (χ1v) is 3.00. The van der Waals surface area contributed by atoms with E-state index in [1.807, 2.05) is 9.39 Å². The highest BCUT2D eigenvalue weighted by molar-refractivity contribution is 7.13. The van der Waals surface area contributed by atoms with Crippen LogP contribution in [0.15, 0.2) is 0 Å². The summed E-state index contributed by atoms with van der Waals surface area (Å²) in [7, 11) is 1.93. The zero-order valence-corrected chi connectivity index (χ0v) is 5.98. The maximum Gasteiger partial charge on any atom is 0.0431 e. The van der Waals surface area contributed by atoms with Gasteiger partial charge in [0.25, 0.3) is 0 Å². The van der Waals surface area contributed by atoms with Crippen LogP contribution in [0.2, 0.25) is 0 Å². The van der Waals surface area contributed by atoms with E-state index in [0.717, 1.165) is 0 Å². The number of nitrogens with zero attached hydrogens (tertiary/aromatic N) is 1. The van der Waals surface area contributed by atoms with E-state index in [-0.39, 0.29) is 0 Å². The third-order valence-corrected chi connectivity index (χ3v) is 1.79. The highest BCUT2D eigenvalue weighted by Gasteiger charge is 1.87. The van der Waals surface area contributed by atoms with Crippen LogP contribution in [0.3, 0.4) is 0 Å². The summed E-state index contributed by atoms with van der Waals surface area (Å²) in [6, 6.07) is 0. The lowest BCUT2D eigenvalue weighted by atomic mass is 10.7. The molecule has 0 bridgehead atoms. The van der Waals surface area contributed by atoms with Gasteiger partial charge in [-0.1, -0.05) is 0 Å². The molecule has 0 aliphatic heterocycles.